The lowest BCUT2D eigenvalue weighted by Crippen LogP contribution is -2.37. The first-order valence-electron chi connectivity index (χ1n) is 7.46. The van der Waals surface area contributed by atoms with Gasteiger partial charge in [-0.25, -0.2) is 14.8 Å². The minimum atomic E-state index is -4.39. The van der Waals surface area contributed by atoms with Crippen LogP contribution in [0.2, 0.25) is 0 Å². The molecule has 0 bridgehead atoms. The van der Waals surface area contributed by atoms with Crippen molar-refractivity contribution in [1.29, 1.82) is 0 Å². The summed E-state index contributed by atoms with van der Waals surface area (Å²) < 4.78 is 39.8. The van der Waals surface area contributed by atoms with Gasteiger partial charge in [-0.1, -0.05) is 18.2 Å². The van der Waals surface area contributed by atoms with E-state index in [0.29, 0.717) is 11.3 Å². The van der Waals surface area contributed by atoms with E-state index in [0.717, 1.165) is 16.7 Å². The van der Waals surface area contributed by atoms with Crippen molar-refractivity contribution in [2.75, 3.05) is 0 Å². The molecule has 0 saturated heterocycles. The largest absolute Gasteiger partial charge is 0.416 e. The van der Waals surface area contributed by atoms with Gasteiger partial charge in [-0.3, -0.25) is 13.9 Å². The topological polar surface area (TPSA) is 69.8 Å². The molecule has 2 heterocycles. The average molecular weight is 362 g/mol. The van der Waals surface area contributed by atoms with Crippen molar-refractivity contribution in [1.82, 2.24) is 19.1 Å². The average Bonchev–Trinajstić information content (AvgIpc) is 2.62. The van der Waals surface area contributed by atoms with Gasteiger partial charge in [-0.2, -0.15) is 13.2 Å². The van der Waals surface area contributed by atoms with Crippen LogP contribution in [0.4, 0.5) is 13.2 Å². The third kappa shape index (κ3) is 3.15. The van der Waals surface area contributed by atoms with Crippen molar-refractivity contribution >= 4 is 23.3 Å². The number of aryl methyl sites for hydroxylation is 1. The van der Waals surface area contributed by atoms with Crippen LogP contribution < -0.4 is 11.2 Å². The smallest absolute Gasteiger partial charge is 0.279 e. The molecule has 0 aliphatic carbocycles. The van der Waals surface area contributed by atoms with Crippen LogP contribution in [-0.2, 0) is 20.3 Å². The Bertz CT molecular complexity index is 1130. The number of nitrogens with zero attached hydrogens (tertiary/aromatic N) is 4. The first kappa shape index (κ1) is 17.6. The van der Waals surface area contributed by atoms with Gasteiger partial charge in [0.1, 0.15) is 0 Å². The number of hydrogen-bond acceptors (Lipinski definition) is 4. The zero-order valence-corrected chi connectivity index (χ0v) is 13.8. The van der Waals surface area contributed by atoms with Gasteiger partial charge in [0.25, 0.3) is 5.56 Å². The maximum Gasteiger partial charge on any atom is 0.416 e. The Kier molecular flexibility index (Phi) is 4.23. The molecule has 0 spiro atoms. The summed E-state index contributed by atoms with van der Waals surface area (Å²) in [5.41, 5.74) is -0.745. The highest BCUT2D eigenvalue weighted by Gasteiger charge is 2.29. The van der Waals surface area contributed by atoms with E-state index in [-0.39, 0.29) is 11.2 Å². The highest BCUT2D eigenvalue weighted by atomic mass is 19.4. The second-order valence-electron chi connectivity index (χ2n) is 5.63. The molecule has 3 aromatic rings. The quantitative estimate of drug-likeness (QED) is 0.701. The number of aromatic nitrogens is 4. The number of halogens is 3. The van der Waals surface area contributed by atoms with Crippen molar-refractivity contribution < 1.29 is 13.2 Å². The summed E-state index contributed by atoms with van der Waals surface area (Å²) in [5.74, 6) is 0. The fourth-order valence-electron chi connectivity index (χ4n) is 2.39. The maximum atomic E-state index is 12.6. The van der Waals surface area contributed by atoms with Gasteiger partial charge in [0.05, 0.1) is 17.5 Å². The van der Waals surface area contributed by atoms with Gasteiger partial charge in [0.2, 0.25) is 0 Å². The maximum absolute atomic E-state index is 12.6. The van der Waals surface area contributed by atoms with Gasteiger partial charge >= 0.3 is 11.9 Å². The number of hydrogen-bond donors (Lipinski definition) is 0. The molecule has 1 aromatic carbocycles. The number of rotatable bonds is 2. The second kappa shape index (κ2) is 6.25. The molecule has 2 aromatic heterocycles. The minimum Gasteiger partial charge on any atom is -0.279 e. The third-order valence-corrected chi connectivity index (χ3v) is 3.86. The summed E-state index contributed by atoms with van der Waals surface area (Å²) in [5, 5.41) is 0. The highest BCUT2D eigenvalue weighted by Crippen LogP contribution is 2.29. The van der Waals surface area contributed by atoms with Crippen molar-refractivity contribution in [2.45, 2.75) is 6.18 Å². The van der Waals surface area contributed by atoms with Crippen LogP contribution in [-0.4, -0.2) is 19.1 Å². The fourth-order valence-corrected chi connectivity index (χ4v) is 2.39. The van der Waals surface area contributed by atoms with Crippen molar-refractivity contribution in [3.05, 3.63) is 68.1 Å². The van der Waals surface area contributed by atoms with Crippen LogP contribution in [0, 0.1) is 0 Å². The second-order valence-corrected chi connectivity index (χ2v) is 5.63. The molecule has 0 amide bonds. The molecule has 0 atom stereocenters. The molecule has 0 saturated carbocycles. The van der Waals surface area contributed by atoms with E-state index in [2.05, 4.69) is 9.97 Å². The SMILES string of the molecule is Cn1c(=O)c2nc(C=Cc3ccc(C(F)(F)F)cc3)cnc2n(C)c1=O. The molecule has 0 N–H and O–H groups in total. The Labute approximate surface area is 144 Å². The Morgan fingerprint density at radius 3 is 2.27 bits per heavy atom. The molecule has 0 radical (unpaired) electrons. The van der Waals surface area contributed by atoms with Gasteiger partial charge in [0, 0.05) is 14.1 Å². The summed E-state index contributed by atoms with van der Waals surface area (Å²) in [6.45, 7) is 0. The lowest BCUT2D eigenvalue weighted by Gasteiger charge is -2.06. The zero-order valence-electron chi connectivity index (χ0n) is 13.8. The van der Waals surface area contributed by atoms with Gasteiger partial charge in [0.15, 0.2) is 11.2 Å². The first-order valence-corrected chi connectivity index (χ1v) is 7.46. The molecule has 6 nitrogen and oxygen atoms in total. The Hall–Kier alpha value is -3.23. The molecule has 9 heteroatoms. The van der Waals surface area contributed by atoms with Crippen molar-refractivity contribution in [3.63, 3.8) is 0 Å². The number of alkyl halides is 3. The molecule has 134 valence electrons. The summed E-state index contributed by atoms with van der Waals surface area (Å²) in [4.78, 5) is 32.3. The summed E-state index contributed by atoms with van der Waals surface area (Å²) in [6.07, 6.45) is 0.0753. The van der Waals surface area contributed by atoms with Crippen LogP contribution in [0.3, 0.4) is 0 Å². The monoisotopic (exact) mass is 362 g/mol. The lowest BCUT2D eigenvalue weighted by atomic mass is 10.1. The highest BCUT2D eigenvalue weighted by molar-refractivity contribution is 5.73. The molecule has 0 aliphatic heterocycles. The van der Waals surface area contributed by atoms with Crippen molar-refractivity contribution in [2.24, 2.45) is 14.1 Å². The summed E-state index contributed by atoms with van der Waals surface area (Å²) >= 11 is 0. The van der Waals surface area contributed by atoms with E-state index in [4.69, 9.17) is 0 Å². The van der Waals surface area contributed by atoms with E-state index < -0.39 is 23.0 Å². The Morgan fingerprint density at radius 2 is 1.65 bits per heavy atom. The third-order valence-electron chi connectivity index (χ3n) is 3.86. The molecular formula is C17H13F3N4O2. The summed E-state index contributed by atoms with van der Waals surface area (Å²) in [7, 11) is 2.83. The predicted octanol–water partition coefficient (Wildman–Crippen LogP) is 2.22. The Balaban J connectivity index is 1.98. The van der Waals surface area contributed by atoms with E-state index in [1.165, 1.54) is 43.1 Å². The molecule has 3 rings (SSSR count). The van der Waals surface area contributed by atoms with Crippen LogP contribution in [0.1, 0.15) is 16.8 Å². The molecular weight excluding hydrogens is 349 g/mol. The normalized spacial score (nSPS) is 12.2. The summed E-state index contributed by atoms with van der Waals surface area (Å²) in [6, 6.07) is 4.63. The van der Waals surface area contributed by atoms with E-state index in [1.807, 2.05) is 0 Å². The Morgan fingerprint density at radius 1 is 1.00 bits per heavy atom. The zero-order chi connectivity index (χ0) is 19.1. The lowest BCUT2D eigenvalue weighted by molar-refractivity contribution is -0.137. The van der Waals surface area contributed by atoms with E-state index in [9.17, 15) is 22.8 Å². The van der Waals surface area contributed by atoms with E-state index >= 15 is 0 Å². The van der Waals surface area contributed by atoms with Gasteiger partial charge in [-0.05, 0) is 23.8 Å². The fraction of sp³-hybridized carbons (Fsp3) is 0.176. The molecule has 0 unspecified atom stereocenters. The molecule has 26 heavy (non-hydrogen) atoms. The first-order chi connectivity index (χ1) is 12.2. The van der Waals surface area contributed by atoms with Crippen LogP contribution in [0.25, 0.3) is 23.3 Å². The number of fused-ring (bicyclic) bond motifs is 1. The van der Waals surface area contributed by atoms with Crippen LogP contribution in [0.15, 0.2) is 40.1 Å². The molecule has 0 aliphatic rings. The predicted molar refractivity (Wildman–Crippen MR) is 90.4 cm³/mol. The standard InChI is InChI=1S/C17H13F3N4O2/c1-23-14-13(15(25)24(2)16(23)26)22-12(9-21-14)8-5-10-3-6-11(7-4-10)17(18,19)20/h3-9H,1-2H3. The van der Waals surface area contributed by atoms with Gasteiger partial charge in [-0.15, -0.1) is 0 Å². The minimum absolute atomic E-state index is 0.0316. The van der Waals surface area contributed by atoms with Crippen LogP contribution >= 0.6 is 0 Å². The van der Waals surface area contributed by atoms with Gasteiger partial charge < -0.3 is 0 Å². The van der Waals surface area contributed by atoms with Crippen molar-refractivity contribution in [3.8, 4) is 0 Å². The van der Waals surface area contributed by atoms with Crippen LogP contribution in [0.5, 0.6) is 0 Å². The molecule has 0 fully saturated rings. The van der Waals surface area contributed by atoms with E-state index in [1.54, 1.807) is 6.08 Å². The number of benzene rings is 1.